The van der Waals surface area contributed by atoms with Gasteiger partial charge in [0.15, 0.2) is 0 Å². The molecule has 0 atom stereocenters. The molecule has 0 aliphatic carbocycles. The Morgan fingerprint density at radius 3 is 2.89 bits per heavy atom. The SMILES string of the molecule is CCc1nc(COc2cccc(Cl)c2)sc1CS. The predicted molar refractivity (Wildman–Crippen MR) is 80.0 cm³/mol. The lowest BCUT2D eigenvalue weighted by molar-refractivity contribution is 0.305. The summed E-state index contributed by atoms with van der Waals surface area (Å²) in [6.45, 7) is 2.58. The maximum Gasteiger partial charge on any atom is 0.140 e. The minimum Gasteiger partial charge on any atom is -0.486 e. The Labute approximate surface area is 121 Å². The first-order valence-electron chi connectivity index (χ1n) is 5.69. The zero-order chi connectivity index (χ0) is 13.0. The van der Waals surface area contributed by atoms with Gasteiger partial charge in [-0.2, -0.15) is 12.6 Å². The molecule has 2 aromatic rings. The van der Waals surface area contributed by atoms with Crippen LogP contribution in [0.5, 0.6) is 5.75 Å². The van der Waals surface area contributed by atoms with Crippen LogP contribution >= 0.6 is 35.6 Å². The Bertz CT molecular complexity index is 506. The smallest absolute Gasteiger partial charge is 0.140 e. The average Bonchev–Trinajstić information content (AvgIpc) is 2.79. The number of rotatable bonds is 5. The third kappa shape index (κ3) is 3.40. The second-order valence-corrected chi connectivity index (χ2v) is 5.66. The molecule has 0 amide bonds. The fourth-order valence-electron chi connectivity index (χ4n) is 1.60. The van der Waals surface area contributed by atoms with Gasteiger partial charge in [-0.15, -0.1) is 11.3 Å². The highest BCUT2D eigenvalue weighted by atomic mass is 35.5. The lowest BCUT2D eigenvalue weighted by Gasteiger charge is -2.03. The molecule has 0 unspecified atom stereocenters. The number of aryl methyl sites for hydroxylation is 1. The van der Waals surface area contributed by atoms with Crippen molar-refractivity contribution >= 4 is 35.6 Å². The van der Waals surface area contributed by atoms with Gasteiger partial charge in [-0.3, -0.25) is 0 Å². The summed E-state index contributed by atoms with van der Waals surface area (Å²) < 4.78 is 5.67. The van der Waals surface area contributed by atoms with Crippen molar-refractivity contribution in [1.29, 1.82) is 0 Å². The first-order chi connectivity index (χ1) is 8.72. The molecule has 0 spiro atoms. The highest BCUT2D eigenvalue weighted by Gasteiger charge is 2.08. The molecule has 0 aliphatic heterocycles. The van der Waals surface area contributed by atoms with Gasteiger partial charge in [0.1, 0.15) is 17.4 Å². The zero-order valence-electron chi connectivity index (χ0n) is 10.0. The van der Waals surface area contributed by atoms with E-state index in [1.807, 2.05) is 18.2 Å². The molecular weight excluding hydrogens is 286 g/mol. The van der Waals surface area contributed by atoms with E-state index in [2.05, 4.69) is 24.5 Å². The van der Waals surface area contributed by atoms with Crippen LogP contribution in [0.3, 0.4) is 0 Å². The first kappa shape index (κ1) is 13.7. The third-order valence-corrected chi connectivity index (χ3v) is 4.30. The number of thiol groups is 1. The number of nitrogens with zero attached hydrogens (tertiary/aromatic N) is 1. The fraction of sp³-hybridized carbons (Fsp3) is 0.308. The molecule has 0 saturated heterocycles. The largest absolute Gasteiger partial charge is 0.486 e. The predicted octanol–water partition coefficient (Wildman–Crippen LogP) is 4.37. The monoisotopic (exact) mass is 299 g/mol. The summed E-state index contributed by atoms with van der Waals surface area (Å²) in [6, 6.07) is 7.39. The van der Waals surface area contributed by atoms with Crippen molar-refractivity contribution in [2.24, 2.45) is 0 Å². The number of aromatic nitrogens is 1. The number of halogens is 1. The molecule has 0 aliphatic rings. The molecule has 0 N–H and O–H groups in total. The molecule has 2 nitrogen and oxygen atoms in total. The van der Waals surface area contributed by atoms with Crippen LogP contribution in [0.15, 0.2) is 24.3 Å². The van der Waals surface area contributed by atoms with Crippen LogP contribution in [0.1, 0.15) is 22.5 Å². The van der Waals surface area contributed by atoms with Crippen molar-refractivity contribution < 1.29 is 4.74 Å². The number of thiazole rings is 1. The van der Waals surface area contributed by atoms with E-state index >= 15 is 0 Å². The maximum atomic E-state index is 5.90. The second-order valence-electron chi connectivity index (χ2n) is 3.74. The Balaban J connectivity index is 2.04. The van der Waals surface area contributed by atoms with Crippen molar-refractivity contribution in [1.82, 2.24) is 4.98 Å². The molecule has 1 aromatic carbocycles. The summed E-state index contributed by atoms with van der Waals surface area (Å²) in [5.41, 5.74) is 1.12. The van der Waals surface area contributed by atoms with Gasteiger partial charge in [0.2, 0.25) is 0 Å². The number of ether oxygens (including phenoxy) is 1. The molecule has 18 heavy (non-hydrogen) atoms. The van der Waals surface area contributed by atoms with Crippen LogP contribution in [-0.4, -0.2) is 4.98 Å². The summed E-state index contributed by atoms with van der Waals surface area (Å²) in [4.78, 5) is 5.78. The Morgan fingerprint density at radius 2 is 2.28 bits per heavy atom. The molecule has 1 aromatic heterocycles. The van der Waals surface area contributed by atoms with Gasteiger partial charge in [-0.25, -0.2) is 4.98 Å². The number of hydrogen-bond donors (Lipinski definition) is 1. The van der Waals surface area contributed by atoms with Gasteiger partial charge in [-0.1, -0.05) is 24.6 Å². The van der Waals surface area contributed by atoms with E-state index in [0.29, 0.717) is 11.6 Å². The van der Waals surface area contributed by atoms with Crippen LogP contribution < -0.4 is 4.74 Å². The van der Waals surface area contributed by atoms with Gasteiger partial charge in [-0.05, 0) is 24.6 Å². The van der Waals surface area contributed by atoms with E-state index in [4.69, 9.17) is 16.3 Å². The minimum absolute atomic E-state index is 0.478. The average molecular weight is 300 g/mol. The molecule has 0 fully saturated rings. The Morgan fingerprint density at radius 1 is 1.44 bits per heavy atom. The molecule has 0 bridgehead atoms. The van der Waals surface area contributed by atoms with Gasteiger partial charge in [0, 0.05) is 15.7 Å². The second kappa shape index (κ2) is 6.45. The standard InChI is InChI=1S/C13H14ClNOS2/c1-2-11-12(8-17)18-13(15-11)7-16-10-5-3-4-9(14)6-10/h3-6,17H,2,7-8H2,1H3. The van der Waals surface area contributed by atoms with Gasteiger partial charge in [0.05, 0.1) is 5.69 Å². The fourth-order valence-corrected chi connectivity index (χ4v) is 3.09. The summed E-state index contributed by atoms with van der Waals surface area (Å²) in [5, 5.41) is 1.66. The van der Waals surface area contributed by atoms with Crippen molar-refractivity contribution in [3.63, 3.8) is 0 Å². The molecule has 5 heteroatoms. The van der Waals surface area contributed by atoms with E-state index in [1.165, 1.54) is 4.88 Å². The molecule has 0 saturated carbocycles. The van der Waals surface area contributed by atoms with E-state index in [1.54, 1.807) is 17.4 Å². The van der Waals surface area contributed by atoms with Crippen LogP contribution in [-0.2, 0) is 18.8 Å². The van der Waals surface area contributed by atoms with E-state index in [9.17, 15) is 0 Å². The van der Waals surface area contributed by atoms with Crippen LogP contribution in [0, 0.1) is 0 Å². The Kier molecular flexibility index (Phi) is 4.92. The van der Waals surface area contributed by atoms with E-state index < -0.39 is 0 Å². The van der Waals surface area contributed by atoms with Crippen molar-refractivity contribution in [3.05, 3.63) is 44.9 Å². The lowest BCUT2D eigenvalue weighted by atomic mass is 10.3. The molecule has 0 radical (unpaired) electrons. The Hall–Kier alpha value is -0.710. The normalized spacial score (nSPS) is 10.6. The van der Waals surface area contributed by atoms with Gasteiger partial charge >= 0.3 is 0 Å². The summed E-state index contributed by atoms with van der Waals surface area (Å²) in [5.74, 6) is 1.50. The summed E-state index contributed by atoms with van der Waals surface area (Å²) in [7, 11) is 0. The number of benzene rings is 1. The van der Waals surface area contributed by atoms with Gasteiger partial charge in [0.25, 0.3) is 0 Å². The highest BCUT2D eigenvalue weighted by molar-refractivity contribution is 7.79. The molecular formula is C13H14ClNOS2. The summed E-state index contributed by atoms with van der Waals surface area (Å²) >= 11 is 11.9. The third-order valence-electron chi connectivity index (χ3n) is 2.46. The zero-order valence-corrected chi connectivity index (χ0v) is 12.5. The number of hydrogen-bond acceptors (Lipinski definition) is 4. The molecule has 2 rings (SSSR count). The van der Waals surface area contributed by atoms with Crippen LogP contribution in [0.4, 0.5) is 0 Å². The maximum absolute atomic E-state index is 5.90. The minimum atomic E-state index is 0.478. The van der Waals surface area contributed by atoms with Crippen molar-refractivity contribution in [2.45, 2.75) is 25.7 Å². The topological polar surface area (TPSA) is 22.1 Å². The van der Waals surface area contributed by atoms with Crippen LogP contribution in [0.25, 0.3) is 0 Å². The molecule has 96 valence electrons. The lowest BCUT2D eigenvalue weighted by Crippen LogP contribution is -1.95. The quantitative estimate of drug-likeness (QED) is 0.828. The van der Waals surface area contributed by atoms with Crippen molar-refractivity contribution in [2.75, 3.05) is 0 Å². The van der Waals surface area contributed by atoms with Crippen LogP contribution in [0.2, 0.25) is 5.02 Å². The van der Waals surface area contributed by atoms with E-state index in [-0.39, 0.29) is 0 Å². The van der Waals surface area contributed by atoms with Crippen molar-refractivity contribution in [3.8, 4) is 5.75 Å². The first-order valence-corrected chi connectivity index (χ1v) is 7.52. The van der Waals surface area contributed by atoms with E-state index in [0.717, 1.165) is 28.6 Å². The summed E-state index contributed by atoms with van der Waals surface area (Å²) in [6.07, 6.45) is 0.934. The van der Waals surface area contributed by atoms with Gasteiger partial charge < -0.3 is 4.74 Å². The molecule has 1 heterocycles. The highest BCUT2D eigenvalue weighted by Crippen LogP contribution is 2.23.